The summed E-state index contributed by atoms with van der Waals surface area (Å²) in [5, 5.41) is 0. The summed E-state index contributed by atoms with van der Waals surface area (Å²) in [5.74, 6) is 0.0642. The number of carbonyl (C=O) groups is 1. The molecule has 0 radical (unpaired) electrons. The second-order valence-electron chi connectivity index (χ2n) is 7.67. The summed E-state index contributed by atoms with van der Waals surface area (Å²) in [6.07, 6.45) is 1.63. The highest BCUT2D eigenvalue weighted by Gasteiger charge is 2.32. The highest BCUT2D eigenvalue weighted by molar-refractivity contribution is 7.90. The fraction of sp³-hybridized carbons (Fsp3) is 0.160. The van der Waals surface area contributed by atoms with Gasteiger partial charge < -0.3 is 9.64 Å². The van der Waals surface area contributed by atoms with Crippen molar-refractivity contribution in [1.82, 2.24) is 0 Å². The summed E-state index contributed by atoms with van der Waals surface area (Å²) in [4.78, 5) is 15.2. The van der Waals surface area contributed by atoms with Crippen LogP contribution < -0.4 is 9.64 Å². The summed E-state index contributed by atoms with van der Waals surface area (Å²) in [6, 6.07) is 19.8. The van der Waals surface area contributed by atoms with Crippen molar-refractivity contribution >= 4 is 27.0 Å². The van der Waals surface area contributed by atoms with E-state index in [0.717, 1.165) is 16.7 Å². The SMILES string of the molecule is COc1ccc(C2=C(Cc3ccc(S(C)(=O)=O)cc3)CN(c3cccc(F)c3)C2=O)cc1. The van der Waals surface area contributed by atoms with Gasteiger partial charge in [0.15, 0.2) is 9.84 Å². The van der Waals surface area contributed by atoms with Gasteiger partial charge in [0.05, 0.1) is 12.0 Å². The molecule has 0 atom stereocenters. The van der Waals surface area contributed by atoms with Gasteiger partial charge in [0.25, 0.3) is 5.91 Å². The normalized spacial score (nSPS) is 14.2. The summed E-state index contributed by atoms with van der Waals surface area (Å²) in [7, 11) is -1.71. The van der Waals surface area contributed by atoms with Gasteiger partial charge in [-0.25, -0.2) is 12.8 Å². The van der Waals surface area contributed by atoms with Gasteiger partial charge in [-0.1, -0.05) is 30.3 Å². The number of benzene rings is 3. The molecule has 0 bridgehead atoms. The van der Waals surface area contributed by atoms with Gasteiger partial charge in [-0.2, -0.15) is 0 Å². The van der Waals surface area contributed by atoms with Crippen molar-refractivity contribution in [3.8, 4) is 5.75 Å². The smallest absolute Gasteiger partial charge is 0.259 e. The summed E-state index contributed by atoms with van der Waals surface area (Å²) < 4.78 is 42.5. The van der Waals surface area contributed by atoms with E-state index in [-0.39, 0.29) is 10.8 Å². The van der Waals surface area contributed by atoms with Gasteiger partial charge in [-0.15, -0.1) is 0 Å². The third-order valence-electron chi connectivity index (χ3n) is 5.43. The lowest BCUT2D eigenvalue weighted by molar-refractivity contribution is -0.112. The Kier molecular flexibility index (Phi) is 5.84. The van der Waals surface area contributed by atoms with E-state index in [9.17, 15) is 17.6 Å². The van der Waals surface area contributed by atoms with Crippen LogP contribution in [0.2, 0.25) is 0 Å². The van der Waals surface area contributed by atoms with Crippen molar-refractivity contribution in [2.24, 2.45) is 0 Å². The predicted octanol–water partition coefficient (Wildman–Crippen LogP) is 4.28. The summed E-state index contributed by atoms with van der Waals surface area (Å²) in [6.45, 7) is 0.317. The van der Waals surface area contributed by atoms with Crippen LogP contribution in [-0.2, 0) is 21.1 Å². The monoisotopic (exact) mass is 451 g/mol. The minimum absolute atomic E-state index is 0.205. The first-order valence-electron chi connectivity index (χ1n) is 9.99. The van der Waals surface area contributed by atoms with Crippen molar-refractivity contribution in [3.05, 3.63) is 95.3 Å². The molecule has 5 nitrogen and oxygen atoms in total. The molecular formula is C25H22FNO4S. The molecule has 3 aromatic carbocycles. The molecule has 1 aliphatic rings. The van der Waals surface area contributed by atoms with Crippen LogP contribution in [-0.4, -0.2) is 34.2 Å². The van der Waals surface area contributed by atoms with Crippen LogP contribution in [0.5, 0.6) is 5.75 Å². The van der Waals surface area contributed by atoms with Gasteiger partial charge in [0, 0.05) is 24.1 Å². The zero-order chi connectivity index (χ0) is 22.9. The molecule has 0 unspecified atom stereocenters. The van der Waals surface area contributed by atoms with Gasteiger partial charge in [-0.05, 0) is 65.6 Å². The Bertz CT molecular complexity index is 1300. The first kappa shape index (κ1) is 21.8. The van der Waals surface area contributed by atoms with Gasteiger partial charge in [-0.3, -0.25) is 4.79 Å². The number of sulfone groups is 1. The quantitative estimate of drug-likeness (QED) is 0.561. The van der Waals surface area contributed by atoms with Crippen molar-refractivity contribution in [2.75, 3.05) is 24.8 Å². The number of hydrogen-bond acceptors (Lipinski definition) is 4. The number of halogens is 1. The maximum Gasteiger partial charge on any atom is 0.259 e. The van der Waals surface area contributed by atoms with E-state index < -0.39 is 15.7 Å². The van der Waals surface area contributed by atoms with E-state index >= 15 is 0 Å². The maximum absolute atomic E-state index is 13.8. The third-order valence-corrected chi connectivity index (χ3v) is 6.56. The fourth-order valence-electron chi connectivity index (χ4n) is 3.81. The molecule has 0 N–H and O–H groups in total. The van der Waals surface area contributed by atoms with E-state index in [1.165, 1.54) is 18.4 Å². The summed E-state index contributed by atoms with van der Waals surface area (Å²) >= 11 is 0. The molecule has 32 heavy (non-hydrogen) atoms. The molecule has 3 aromatic rings. The summed E-state index contributed by atoms with van der Waals surface area (Å²) in [5.41, 5.74) is 3.55. The van der Waals surface area contributed by atoms with Crippen LogP contribution in [0.4, 0.5) is 10.1 Å². The number of amides is 1. The number of carbonyl (C=O) groups excluding carboxylic acids is 1. The lowest BCUT2D eigenvalue weighted by Crippen LogP contribution is -2.26. The molecule has 0 aromatic heterocycles. The standard InChI is InChI=1S/C25H22FNO4S/c1-31-22-10-8-18(9-11-22)24-19(14-17-6-12-23(13-7-17)32(2,29)30)16-27(25(24)28)21-5-3-4-20(26)15-21/h3-13,15H,14,16H2,1-2H3. The minimum atomic E-state index is -3.29. The van der Waals surface area contributed by atoms with Crippen LogP contribution >= 0.6 is 0 Å². The Labute approximate surface area is 186 Å². The second-order valence-corrected chi connectivity index (χ2v) is 9.69. The van der Waals surface area contributed by atoms with Crippen LogP contribution in [0.25, 0.3) is 5.57 Å². The third kappa shape index (κ3) is 4.43. The fourth-order valence-corrected chi connectivity index (χ4v) is 4.44. The van der Waals surface area contributed by atoms with Gasteiger partial charge in [0.1, 0.15) is 11.6 Å². The molecule has 7 heteroatoms. The average Bonchev–Trinajstić information content (AvgIpc) is 3.09. The molecule has 1 aliphatic heterocycles. The predicted molar refractivity (Wildman–Crippen MR) is 122 cm³/mol. The zero-order valence-corrected chi connectivity index (χ0v) is 18.5. The van der Waals surface area contributed by atoms with Crippen LogP contribution in [0, 0.1) is 5.82 Å². The Hall–Kier alpha value is -3.45. The molecule has 0 saturated heterocycles. The Morgan fingerprint density at radius 1 is 1.00 bits per heavy atom. The van der Waals surface area contributed by atoms with Gasteiger partial charge in [0.2, 0.25) is 0 Å². The average molecular weight is 452 g/mol. The van der Waals surface area contributed by atoms with Crippen LogP contribution in [0.3, 0.4) is 0 Å². The number of hydrogen-bond donors (Lipinski definition) is 0. The van der Waals surface area contributed by atoms with Crippen molar-refractivity contribution < 1.29 is 22.3 Å². The molecule has 0 fully saturated rings. The van der Waals surface area contributed by atoms with Crippen molar-refractivity contribution in [3.63, 3.8) is 0 Å². The number of ether oxygens (including phenoxy) is 1. The molecule has 1 amide bonds. The first-order valence-corrected chi connectivity index (χ1v) is 11.9. The first-order chi connectivity index (χ1) is 15.3. The Morgan fingerprint density at radius 3 is 2.28 bits per heavy atom. The van der Waals surface area contributed by atoms with Crippen molar-refractivity contribution in [1.29, 1.82) is 0 Å². The van der Waals surface area contributed by atoms with Crippen LogP contribution in [0.1, 0.15) is 11.1 Å². The van der Waals surface area contributed by atoms with Crippen LogP contribution in [0.15, 0.2) is 83.3 Å². The number of methoxy groups -OCH3 is 1. The Morgan fingerprint density at radius 2 is 1.69 bits per heavy atom. The number of anilines is 1. The lowest BCUT2D eigenvalue weighted by atomic mass is 9.97. The molecular weight excluding hydrogens is 429 g/mol. The van der Waals surface area contributed by atoms with Gasteiger partial charge >= 0.3 is 0 Å². The number of nitrogens with zero attached hydrogens (tertiary/aromatic N) is 1. The highest BCUT2D eigenvalue weighted by Crippen LogP contribution is 2.34. The van der Waals surface area contributed by atoms with E-state index in [1.54, 1.807) is 60.5 Å². The van der Waals surface area contributed by atoms with E-state index in [1.807, 2.05) is 12.1 Å². The second kappa shape index (κ2) is 8.59. The van der Waals surface area contributed by atoms with E-state index in [2.05, 4.69) is 0 Å². The zero-order valence-electron chi connectivity index (χ0n) is 17.7. The molecule has 1 heterocycles. The maximum atomic E-state index is 13.8. The molecule has 4 rings (SSSR count). The molecule has 0 saturated carbocycles. The van der Waals surface area contributed by atoms with Crippen molar-refractivity contribution in [2.45, 2.75) is 11.3 Å². The highest BCUT2D eigenvalue weighted by atomic mass is 32.2. The minimum Gasteiger partial charge on any atom is -0.497 e. The van der Waals surface area contributed by atoms with E-state index in [0.29, 0.717) is 30.0 Å². The lowest BCUT2D eigenvalue weighted by Gasteiger charge is -2.17. The molecule has 0 aliphatic carbocycles. The largest absolute Gasteiger partial charge is 0.497 e. The molecule has 0 spiro atoms. The van der Waals surface area contributed by atoms with E-state index in [4.69, 9.17) is 4.74 Å². The number of rotatable bonds is 6. The Balaban J connectivity index is 1.72. The molecule has 164 valence electrons. The topological polar surface area (TPSA) is 63.7 Å².